The number of carbonyl (C=O) groups is 1. The Labute approximate surface area is 166 Å². The van der Waals surface area contributed by atoms with Crippen molar-refractivity contribution in [2.24, 2.45) is 7.05 Å². The number of fused-ring (bicyclic) bond motifs is 1. The van der Waals surface area contributed by atoms with E-state index in [1.54, 1.807) is 0 Å². The molecule has 0 spiro atoms. The normalized spacial score (nSPS) is 15.8. The van der Waals surface area contributed by atoms with Crippen molar-refractivity contribution >= 4 is 16.9 Å². The molecule has 4 rings (SSSR count). The summed E-state index contributed by atoms with van der Waals surface area (Å²) in [6, 6.07) is 12.9. The van der Waals surface area contributed by atoms with Crippen LogP contribution in [-0.4, -0.2) is 51.4 Å². The Morgan fingerprint density at radius 3 is 2.34 bits per heavy atom. The number of imidazole rings is 1. The van der Waals surface area contributed by atoms with Gasteiger partial charge in [0.25, 0.3) is 5.91 Å². The second-order valence-corrected chi connectivity index (χ2v) is 7.19. The highest BCUT2D eigenvalue weighted by Crippen LogP contribution is 2.32. The molecule has 0 aliphatic carbocycles. The second-order valence-electron chi connectivity index (χ2n) is 7.19. The van der Waals surface area contributed by atoms with Crippen molar-refractivity contribution in [3.63, 3.8) is 0 Å². The summed E-state index contributed by atoms with van der Waals surface area (Å²) in [5, 5.41) is 0. The lowest BCUT2D eigenvalue weighted by molar-refractivity contribution is -0.138. The maximum Gasteiger partial charge on any atom is 0.417 e. The Morgan fingerprint density at radius 2 is 1.66 bits per heavy atom. The fraction of sp³-hybridized carbons (Fsp3) is 0.333. The van der Waals surface area contributed by atoms with Crippen LogP contribution in [0.3, 0.4) is 0 Å². The van der Waals surface area contributed by atoms with Gasteiger partial charge in [-0.3, -0.25) is 9.69 Å². The molecule has 0 unspecified atom stereocenters. The number of rotatable bonds is 3. The van der Waals surface area contributed by atoms with Crippen LogP contribution >= 0.6 is 0 Å². The molecular formula is C21H21F3N4O. The minimum atomic E-state index is -4.55. The molecule has 0 bridgehead atoms. The summed E-state index contributed by atoms with van der Waals surface area (Å²) >= 11 is 0. The summed E-state index contributed by atoms with van der Waals surface area (Å²) in [6.07, 6.45) is -4.55. The van der Waals surface area contributed by atoms with E-state index in [2.05, 4.69) is 9.88 Å². The molecule has 5 nitrogen and oxygen atoms in total. The highest BCUT2D eigenvalue weighted by Gasteiger charge is 2.36. The minimum Gasteiger partial charge on any atom is -0.336 e. The number of nitrogens with zero attached hydrogens (tertiary/aromatic N) is 4. The van der Waals surface area contributed by atoms with E-state index in [1.165, 1.54) is 23.1 Å². The molecule has 0 radical (unpaired) electrons. The number of hydrogen-bond acceptors (Lipinski definition) is 3. The van der Waals surface area contributed by atoms with Gasteiger partial charge in [0.15, 0.2) is 0 Å². The van der Waals surface area contributed by atoms with Crippen molar-refractivity contribution in [2.45, 2.75) is 12.7 Å². The standard InChI is InChI=1S/C21H21F3N4O/c1-26-18-9-5-4-8-17(18)25-19(26)14-27-10-12-28(13-11-27)20(29)15-6-2-3-7-16(15)21(22,23)24/h2-9H,10-14H2,1H3. The second kappa shape index (κ2) is 7.51. The molecule has 1 aliphatic rings. The lowest BCUT2D eigenvalue weighted by Crippen LogP contribution is -2.48. The number of amides is 1. The fourth-order valence-electron chi connectivity index (χ4n) is 3.73. The van der Waals surface area contributed by atoms with Gasteiger partial charge in [-0.1, -0.05) is 24.3 Å². The molecule has 0 atom stereocenters. The largest absolute Gasteiger partial charge is 0.417 e. The Balaban J connectivity index is 1.43. The molecule has 29 heavy (non-hydrogen) atoms. The minimum absolute atomic E-state index is 0.288. The molecule has 1 saturated heterocycles. The van der Waals surface area contributed by atoms with Gasteiger partial charge in [0.2, 0.25) is 0 Å². The Hall–Kier alpha value is -2.87. The van der Waals surface area contributed by atoms with Crippen LogP contribution in [0.2, 0.25) is 0 Å². The average molecular weight is 402 g/mol. The van der Waals surface area contributed by atoms with Crippen molar-refractivity contribution in [3.05, 3.63) is 65.5 Å². The molecule has 2 aromatic carbocycles. The summed E-state index contributed by atoms with van der Waals surface area (Å²) in [5.74, 6) is 0.355. The first kappa shape index (κ1) is 19.4. The van der Waals surface area contributed by atoms with E-state index in [-0.39, 0.29) is 5.56 Å². The summed E-state index contributed by atoms with van der Waals surface area (Å²) in [4.78, 5) is 21.0. The van der Waals surface area contributed by atoms with Crippen LogP contribution in [0.15, 0.2) is 48.5 Å². The maximum absolute atomic E-state index is 13.2. The number of halogens is 3. The van der Waals surface area contributed by atoms with E-state index in [1.807, 2.05) is 35.9 Å². The number of carbonyl (C=O) groups excluding carboxylic acids is 1. The highest BCUT2D eigenvalue weighted by molar-refractivity contribution is 5.96. The molecule has 0 saturated carbocycles. The number of aromatic nitrogens is 2. The first-order chi connectivity index (χ1) is 13.8. The van der Waals surface area contributed by atoms with Crippen LogP contribution in [0.4, 0.5) is 13.2 Å². The first-order valence-electron chi connectivity index (χ1n) is 9.43. The lowest BCUT2D eigenvalue weighted by atomic mass is 10.1. The smallest absolute Gasteiger partial charge is 0.336 e. The van der Waals surface area contributed by atoms with Crippen molar-refractivity contribution in [3.8, 4) is 0 Å². The zero-order valence-corrected chi connectivity index (χ0v) is 16.0. The van der Waals surface area contributed by atoms with E-state index in [9.17, 15) is 18.0 Å². The summed E-state index contributed by atoms with van der Waals surface area (Å²) in [7, 11) is 1.97. The van der Waals surface area contributed by atoms with Gasteiger partial charge in [0, 0.05) is 33.2 Å². The number of piperazine rings is 1. The van der Waals surface area contributed by atoms with Crippen LogP contribution in [0.1, 0.15) is 21.7 Å². The van der Waals surface area contributed by atoms with Gasteiger partial charge >= 0.3 is 6.18 Å². The molecule has 152 valence electrons. The van der Waals surface area contributed by atoms with Gasteiger partial charge in [-0.05, 0) is 24.3 Å². The quantitative estimate of drug-likeness (QED) is 0.673. The average Bonchev–Trinajstić information content (AvgIpc) is 3.03. The molecule has 1 fully saturated rings. The third-order valence-electron chi connectivity index (χ3n) is 5.37. The van der Waals surface area contributed by atoms with Crippen molar-refractivity contribution in [2.75, 3.05) is 26.2 Å². The number of para-hydroxylation sites is 2. The van der Waals surface area contributed by atoms with Gasteiger partial charge in [-0.25, -0.2) is 4.98 Å². The van der Waals surface area contributed by atoms with Gasteiger partial charge in [0.1, 0.15) is 5.82 Å². The lowest BCUT2D eigenvalue weighted by Gasteiger charge is -2.34. The topological polar surface area (TPSA) is 41.4 Å². The van der Waals surface area contributed by atoms with Crippen LogP contribution in [0, 0.1) is 0 Å². The Bertz CT molecular complexity index is 1040. The van der Waals surface area contributed by atoms with Gasteiger partial charge in [-0.2, -0.15) is 13.2 Å². The van der Waals surface area contributed by atoms with Gasteiger partial charge < -0.3 is 9.47 Å². The number of alkyl halides is 3. The third-order valence-corrected chi connectivity index (χ3v) is 5.37. The van der Waals surface area contributed by atoms with E-state index in [4.69, 9.17) is 0 Å². The molecule has 2 heterocycles. The molecular weight excluding hydrogens is 381 g/mol. The van der Waals surface area contributed by atoms with E-state index < -0.39 is 17.6 Å². The highest BCUT2D eigenvalue weighted by atomic mass is 19.4. The molecule has 1 aliphatic heterocycles. The fourth-order valence-corrected chi connectivity index (χ4v) is 3.73. The van der Waals surface area contributed by atoms with Gasteiger partial charge in [0.05, 0.1) is 28.7 Å². The van der Waals surface area contributed by atoms with Crippen molar-refractivity contribution < 1.29 is 18.0 Å². The predicted octanol–water partition coefficient (Wildman–Crippen LogP) is 3.55. The Kier molecular flexibility index (Phi) is 5.04. The van der Waals surface area contributed by atoms with E-state index >= 15 is 0 Å². The molecule has 8 heteroatoms. The molecule has 3 aromatic rings. The van der Waals surface area contributed by atoms with Crippen molar-refractivity contribution in [1.29, 1.82) is 0 Å². The monoisotopic (exact) mass is 402 g/mol. The SMILES string of the molecule is Cn1c(CN2CCN(C(=O)c3ccccc3C(F)(F)F)CC2)nc2ccccc21. The van der Waals surface area contributed by atoms with E-state index in [0.717, 1.165) is 22.9 Å². The Morgan fingerprint density at radius 1 is 1.00 bits per heavy atom. The predicted molar refractivity (Wildman–Crippen MR) is 103 cm³/mol. The number of aryl methyl sites for hydroxylation is 1. The molecule has 0 N–H and O–H groups in total. The summed E-state index contributed by atoms with van der Waals surface area (Å²) in [5.41, 5.74) is 0.818. The zero-order chi connectivity index (χ0) is 20.6. The van der Waals surface area contributed by atoms with Crippen LogP contribution in [0.25, 0.3) is 11.0 Å². The summed E-state index contributed by atoms with van der Waals surface area (Å²) < 4.78 is 41.7. The first-order valence-corrected chi connectivity index (χ1v) is 9.43. The van der Waals surface area contributed by atoms with Crippen molar-refractivity contribution in [1.82, 2.24) is 19.4 Å². The summed E-state index contributed by atoms with van der Waals surface area (Å²) in [6.45, 7) is 2.57. The molecule has 1 amide bonds. The third kappa shape index (κ3) is 3.85. The molecule has 1 aromatic heterocycles. The van der Waals surface area contributed by atoms with Crippen LogP contribution in [-0.2, 0) is 19.8 Å². The van der Waals surface area contributed by atoms with Crippen LogP contribution < -0.4 is 0 Å². The van der Waals surface area contributed by atoms with E-state index in [0.29, 0.717) is 32.7 Å². The maximum atomic E-state index is 13.2. The number of benzene rings is 2. The number of hydrogen-bond donors (Lipinski definition) is 0. The van der Waals surface area contributed by atoms with Gasteiger partial charge in [-0.15, -0.1) is 0 Å². The zero-order valence-electron chi connectivity index (χ0n) is 16.0. The van der Waals surface area contributed by atoms with Crippen LogP contribution in [0.5, 0.6) is 0 Å².